The van der Waals surface area contributed by atoms with Crippen LogP contribution in [-0.4, -0.2) is 66.3 Å². The van der Waals surface area contributed by atoms with Crippen LogP contribution >= 0.6 is 0 Å². The fourth-order valence-electron chi connectivity index (χ4n) is 7.98. The van der Waals surface area contributed by atoms with Gasteiger partial charge in [0.25, 0.3) is 0 Å². The van der Waals surface area contributed by atoms with Crippen molar-refractivity contribution in [2.75, 3.05) is 31.6 Å². The Balaban J connectivity index is 0.906. The molecule has 0 spiro atoms. The van der Waals surface area contributed by atoms with Crippen molar-refractivity contribution in [2.45, 2.75) is 70.9 Å². The van der Waals surface area contributed by atoms with Crippen LogP contribution < -0.4 is 35.5 Å². The van der Waals surface area contributed by atoms with Gasteiger partial charge >= 0.3 is 14.3 Å². The maximum absolute atomic E-state index is 12.4. The molecule has 1 atom stereocenters. The smallest absolute Gasteiger partial charge is 0.319 e. The summed E-state index contributed by atoms with van der Waals surface area (Å²) in [7, 11) is -2.75. The van der Waals surface area contributed by atoms with Crippen LogP contribution in [-0.2, 0) is 6.42 Å². The summed E-state index contributed by atoms with van der Waals surface area (Å²) < 4.78 is 15.2. The molecule has 0 unspecified atom stereocenters. The summed E-state index contributed by atoms with van der Waals surface area (Å²) in [6.07, 6.45) is 6.32. The van der Waals surface area contributed by atoms with Gasteiger partial charge in [-0.25, -0.2) is 14.8 Å². The average Bonchev–Trinajstić information content (AvgIpc) is 3.69. The highest BCUT2D eigenvalue weighted by molar-refractivity contribution is 7.00. The number of fused-ring (bicyclic) bond motifs is 1. The Labute approximate surface area is 372 Å². The van der Waals surface area contributed by atoms with E-state index in [-0.39, 0.29) is 17.7 Å². The summed E-state index contributed by atoms with van der Waals surface area (Å²) in [6.45, 7) is 10.9. The van der Waals surface area contributed by atoms with E-state index in [1.807, 2.05) is 72.8 Å². The zero-order valence-electron chi connectivity index (χ0n) is 36.9. The maximum Gasteiger partial charge on any atom is 0.319 e. The number of benzene rings is 5. The molecular weight excluding hydrogens is 801 g/mol. The number of nitrogens with one attached hydrogen (secondary N) is 3. The van der Waals surface area contributed by atoms with Gasteiger partial charge in [0.05, 0.1) is 0 Å². The third kappa shape index (κ3) is 11.2. The Kier molecular flexibility index (Phi) is 15.1. The summed E-state index contributed by atoms with van der Waals surface area (Å²) in [6, 6.07) is 48.7. The van der Waals surface area contributed by atoms with Crippen molar-refractivity contribution in [1.29, 1.82) is 0 Å². The first-order chi connectivity index (χ1) is 30.6. The van der Waals surface area contributed by atoms with E-state index in [2.05, 4.69) is 126 Å². The number of hydrogen-bond donors (Lipinski definition) is 4. The number of carbonyl (C=O) groups excluding carboxylic acids is 1. The zero-order chi connectivity index (χ0) is 44.1. The molecule has 2 amide bonds. The predicted molar refractivity (Wildman–Crippen MR) is 258 cm³/mol. The van der Waals surface area contributed by atoms with Gasteiger partial charge in [-0.05, 0) is 113 Å². The molecule has 0 aliphatic carbocycles. The molecule has 7 aromatic rings. The number of amides is 2. The molecule has 7 rings (SSSR count). The molecule has 63 heavy (non-hydrogen) atoms. The van der Waals surface area contributed by atoms with Crippen LogP contribution in [0.4, 0.5) is 10.5 Å². The third-order valence-corrected chi connectivity index (χ3v) is 16.2. The molecule has 2 heterocycles. The minimum atomic E-state index is -2.75. The molecule has 10 nitrogen and oxygen atoms in total. The fraction of sp³-hybridized carbons (Fsp3) is 0.288. The van der Waals surface area contributed by atoms with Crippen molar-refractivity contribution in [3.63, 3.8) is 0 Å². The topological polar surface area (TPSA) is 123 Å². The van der Waals surface area contributed by atoms with Crippen LogP contribution in [0, 0.1) is 0 Å². The SMILES string of the molecule is CCCCCCNC(=O)Nc1ccc(-c2nc3cccnc3n2-c2ccc(CCNC[C@H](O)COc3ccc(O[Si](c4ccccc4)(c4ccccc4)C(C)(C)C)cc3)cc2)cc1. The zero-order valence-corrected chi connectivity index (χ0v) is 37.9. The second kappa shape index (κ2) is 21.2. The van der Waals surface area contributed by atoms with Gasteiger partial charge in [0.15, 0.2) is 5.65 Å². The van der Waals surface area contributed by atoms with E-state index in [1.165, 1.54) is 16.8 Å². The number of ether oxygens (including phenoxy) is 1. The maximum atomic E-state index is 12.4. The normalized spacial score (nSPS) is 12.2. The summed E-state index contributed by atoms with van der Waals surface area (Å²) in [4.78, 5) is 22.0. The lowest BCUT2D eigenvalue weighted by atomic mass is 10.1. The molecule has 0 bridgehead atoms. The number of aromatic nitrogens is 3. The molecular formula is C52H60N6O4Si. The number of rotatable bonds is 20. The third-order valence-electron chi connectivity index (χ3n) is 11.3. The lowest BCUT2D eigenvalue weighted by molar-refractivity contribution is 0.106. The number of aliphatic hydroxyl groups excluding tert-OH is 1. The number of hydrogen-bond acceptors (Lipinski definition) is 7. The number of pyridine rings is 1. The van der Waals surface area contributed by atoms with Gasteiger partial charge in [-0.2, -0.15) is 0 Å². The van der Waals surface area contributed by atoms with E-state index < -0.39 is 14.4 Å². The minimum Gasteiger partial charge on any atom is -0.534 e. The minimum absolute atomic E-state index is 0.147. The molecule has 4 N–H and O–H groups in total. The van der Waals surface area contributed by atoms with Gasteiger partial charge in [0, 0.05) is 36.2 Å². The van der Waals surface area contributed by atoms with Gasteiger partial charge in [0.1, 0.15) is 35.6 Å². The van der Waals surface area contributed by atoms with Gasteiger partial charge < -0.3 is 30.2 Å². The Bertz CT molecular complexity index is 2450. The molecule has 0 aliphatic rings. The van der Waals surface area contributed by atoms with E-state index in [0.29, 0.717) is 31.1 Å². The van der Waals surface area contributed by atoms with Crippen LogP contribution in [0.3, 0.4) is 0 Å². The number of aliphatic hydroxyl groups is 1. The van der Waals surface area contributed by atoms with Crippen LogP contribution in [0.15, 0.2) is 152 Å². The molecule has 2 aromatic heterocycles. The molecule has 11 heteroatoms. The molecule has 0 saturated carbocycles. The van der Waals surface area contributed by atoms with Crippen LogP contribution in [0.2, 0.25) is 5.04 Å². The lowest BCUT2D eigenvalue weighted by Crippen LogP contribution is -2.68. The largest absolute Gasteiger partial charge is 0.534 e. The van der Waals surface area contributed by atoms with Crippen molar-refractivity contribution in [3.05, 3.63) is 157 Å². The molecule has 0 fully saturated rings. The van der Waals surface area contributed by atoms with Gasteiger partial charge in [-0.1, -0.05) is 120 Å². The van der Waals surface area contributed by atoms with Crippen molar-refractivity contribution in [2.24, 2.45) is 0 Å². The number of urea groups is 1. The van der Waals surface area contributed by atoms with Crippen molar-refractivity contribution < 1.29 is 19.1 Å². The Hall–Kier alpha value is -6.27. The molecule has 0 saturated heterocycles. The van der Waals surface area contributed by atoms with Crippen molar-refractivity contribution >= 4 is 41.6 Å². The van der Waals surface area contributed by atoms with Crippen LogP contribution in [0.1, 0.15) is 58.9 Å². The summed E-state index contributed by atoms with van der Waals surface area (Å²) in [5.74, 6) is 2.23. The first kappa shape index (κ1) is 44.8. The van der Waals surface area contributed by atoms with Gasteiger partial charge in [-0.15, -0.1) is 0 Å². The van der Waals surface area contributed by atoms with Gasteiger partial charge in [0.2, 0.25) is 0 Å². The Morgan fingerprint density at radius 3 is 2.08 bits per heavy atom. The van der Waals surface area contributed by atoms with E-state index in [0.717, 1.165) is 65.2 Å². The van der Waals surface area contributed by atoms with E-state index in [9.17, 15) is 9.90 Å². The fourth-order valence-corrected chi connectivity index (χ4v) is 12.4. The summed E-state index contributed by atoms with van der Waals surface area (Å²) in [5, 5.41) is 22.3. The van der Waals surface area contributed by atoms with Crippen molar-refractivity contribution in [3.8, 4) is 28.6 Å². The van der Waals surface area contributed by atoms with Crippen LogP contribution in [0.25, 0.3) is 28.2 Å². The van der Waals surface area contributed by atoms with E-state index in [1.54, 1.807) is 6.20 Å². The monoisotopic (exact) mass is 860 g/mol. The van der Waals surface area contributed by atoms with E-state index in [4.69, 9.17) is 14.1 Å². The molecule has 326 valence electrons. The summed E-state index contributed by atoms with van der Waals surface area (Å²) in [5.41, 5.74) is 5.30. The van der Waals surface area contributed by atoms with E-state index >= 15 is 0 Å². The second-order valence-corrected chi connectivity index (χ2v) is 21.2. The summed E-state index contributed by atoms with van der Waals surface area (Å²) >= 11 is 0. The number of carbonyl (C=O) groups is 1. The van der Waals surface area contributed by atoms with Crippen molar-refractivity contribution in [1.82, 2.24) is 25.2 Å². The molecule has 5 aromatic carbocycles. The molecule has 0 aliphatic heterocycles. The first-order valence-electron chi connectivity index (χ1n) is 22.1. The van der Waals surface area contributed by atoms with Crippen LogP contribution in [0.5, 0.6) is 11.5 Å². The first-order valence-corrected chi connectivity index (χ1v) is 24.1. The van der Waals surface area contributed by atoms with Gasteiger partial charge in [-0.3, -0.25) is 4.57 Å². The number of unbranched alkanes of at least 4 members (excludes halogenated alkanes) is 3. The lowest BCUT2D eigenvalue weighted by Gasteiger charge is -2.43. The molecule has 0 radical (unpaired) electrons. The number of imidazole rings is 1. The highest BCUT2D eigenvalue weighted by atomic mass is 28.4. The highest BCUT2D eigenvalue weighted by Crippen LogP contribution is 2.38. The Morgan fingerprint density at radius 1 is 0.762 bits per heavy atom. The quantitative estimate of drug-likeness (QED) is 0.0445. The average molecular weight is 861 g/mol. The highest BCUT2D eigenvalue weighted by Gasteiger charge is 2.52. The number of anilines is 1. The Morgan fingerprint density at radius 2 is 1.43 bits per heavy atom. The second-order valence-electron chi connectivity index (χ2n) is 17.0. The standard InChI is InChI=1S/C52H60N6O4Si/c1-5-6-7-14-34-55-51(60)56-41-25-23-40(24-26-41)49-57-48-20-15-35-54-50(48)58(49)42-27-21-39(22-28-42)33-36-53-37-43(59)38-61-44-29-31-45(32-30-44)62-63(52(2,3)4,46-16-10-8-11-17-46)47-18-12-9-13-19-47/h8-13,15-32,35,43,53,59H,5-7,14,33-34,36-38H2,1-4H3,(H2,55,56,60)/t43-/m0/s1. The predicted octanol–water partition coefficient (Wildman–Crippen LogP) is 9.30. The number of nitrogens with zero attached hydrogens (tertiary/aromatic N) is 3.